The summed E-state index contributed by atoms with van der Waals surface area (Å²) in [7, 11) is 0. The first-order valence-corrected chi connectivity index (χ1v) is 6.32. The van der Waals surface area contributed by atoms with Gasteiger partial charge in [-0.2, -0.15) is 0 Å². The number of rotatable bonds is 2. The van der Waals surface area contributed by atoms with Gasteiger partial charge in [-0.05, 0) is 37.1 Å². The number of nitrogens with zero attached hydrogens (tertiary/aromatic N) is 1. The summed E-state index contributed by atoms with van der Waals surface area (Å²) in [6.07, 6.45) is 2.30. The van der Waals surface area contributed by atoms with Crippen molar-refractivity contribution in [3.05, 3.63) is 33.8 Å². The molecule has 88 valence electrons. The molecule has 1 heterocycles. The third-order valence-electron chi connectivity index (χ3n) is 2.95. The summed E-state index contributed by atoms with van der Waals surface area (Å²) in [6, 6.07) is 5.97. The summed E-state index contributed by atoms with van der Waals surface area (Å²) >= 11 is 12.0. The predicted octanol–water partition coefficient (Wildman–Crippen LogP) is 2.92. The first kappa shape index (κ1) is 12.2. The van der Waals surface area contributed by atoms with Crippen LogP contribution in [0.2, 0.25) is 10.0 Å². The molecule has 0 amide bonds. The van der Waals surface area contributed by atoms with E-state index in [2.05, 4.69) is 4.90 Å². The molecule has 1 aromatic rings. The number of likely N-dealkylation sites (tertiary alicyclic amines) is 1. The Bertz CT molecular complexity index is 368. The number of halogens is 2. The standard InChI is InChI=1S/C12H16Cl2N2/c13-10-4-3-9(12(14)6-10)7-16-5-1-2-11(15)8-16/h3-4,6,11H,1-2,5,7-8,15H2/t11-/m1/s1. The van der Waals surface area contributed by atoms with Crippen LogP contribution in [-0.4, -0.2) is 24.0 Å². The van der Waals surface area contributed by atoms with E-state index in [4.69, 9.17) is 28.9 Å². The molecule has 0 saturated carbocycles. The van der Waals surface area contributed by atoms with Gasteiger partial charge in [-0.25, -0.2) is 0 Å². The van der Waals surface area contributed by atoms with E-state index < -0.39 is 0 Å². The molecule has 2 nitrogen and oxygen atoms in total. The van der Waals surface area contributed by atoms with Crippen LogP contribution in [0.4, 0.5) is 0 Å². The van der Waals surface area contributed by atoms with E-state index in [1.54, 1.807) is 6.07 Å². The molecule has 1 saturated heterocycles. The minimum absolute atomic E-state index is 0.305. The van der Waals surface area contributed by atoms with Crippen LogP contribution in [0.1, 0.15) is 18.4 Å². The Balaban J connectivity index is 2.02. The number of hydrogen-bond acceptors (Lipinski definition) is 2. The van der Waals surface area contributed by atoms with Gasteiger partial charge in [-0.3, -0.25) is 4.90 Å². The summed E-state index contributed by atoms with van der Waals surface area (Å²) in [5, 5.41) is 1.43. The molecule has 16 heavy (non-hydrogen) atoms. The van der Waals surface area contributed by atoms with Gasteiger partial charge in [0, 0.05) is 29.2 Å². The summed E-state index contributed by atoms with van der Waals surface area (Å²) in [5.41, 5.74) is 7.07. The summed E-state index contributed by atoms with van der Waals surface area (Å²) in [6.45, 7) is 2.93. The van der Waals surface area contributed by atoms with Gasteiger partial charge in [0.1, 0.15) is 0 Å². The SMILES string of the molecule is N[C@@H]1CCCN(Cc2ccc(Cl)cc2Cl)C1. The molecule has 0 radical (unpaired) electrons. The van der Waals surface area contributed by atoms with Crippen LogP contribution in [0.15, 0.2) is 18.2 Å². The average molecular weight is 259 g/mol. The van der Waals surface area contributed by atoms with Gasteiger partial charge < -0.3 is 5.73 Å². The molecule has 0 unspecified atom stereocenters. The average Bonchev–Trinajstić information content (AvgIpc) is 2.22. The Labute approximate surface area is 106 Å². The molecule has 1 aliphatic rings. The molecule has 1 atom stereocenters. The maximum Gasteiger partial charge on any atom is 0.0465 e. The molecule has 4 heteroatoms. The summed E-state index contributed by atoms with van der Waals surface area (Å²) in [4.78, 5) is 2.35. The van der Waals surface area contributed by atoms with Gasteiger partial charge in [0.2, 0.25) is 0 Å². The summed E-state index contributed by atoms with van der Waals surface area (Å²) < 4.78 is 0. The van der Waals surface area contributed by atoms with Gasteiger partial charge in [0.25, 0.3) is 0 Å². The number of nitrogens with two attached hydrogens (primary N) is 1. The van der Waals surface area contributed by atoms with E-state index >= 15 is 0 Å². The van der Waals surface area contributed by atoms with E-state index in [9.17, 15) is 0 Å². The Morgan fingerprint density at radius 2 is 2.19 bits per heavy atom. The molecule has 1 fully saturated rings. The van der Waals surface area contributed by atoms with Crippen LogP contribution < -0.4 is 5.73 Å². The van der Waals surface area contributed by atoms with Crippen LogP contribution in [0.3, 0.4) is 0 Å². The quantitative estimate of drug-likeness (QED) is 0.884. The second-order valence-corrected chi connectivity index (χ2v) is 5.22. The zero-order chi connectivity index (χ0) is 11.5. The molecule has 0 bridgehead atoms. The van der Waals surface area contributed by atoms with E-state index in [0.717, 1.165) is 36.6 Å². The van der Waals surface area contributed by atoms with E-state index in [1.807, 2.05) is 12.1 Å². The Hall–Kier alpha value is -0.280. The second kappa shape index (κ2) is 5.37. The van der Waals surface area contributed by atoms with Crippen molar-refractivity contribution >= 4 is 23.2 Å². The third-order valence-corrected chi connectivity index (χ3v) is 3.54. The van der Waals surface area contributed by atoms with Crippen molar-refractivity contribution in [2.45, 2.75) is 25.4 Å². The molecule has 2 N–H and O–H groups in total. The zero-order valence-electron chi connectivity index (χ0n) is 9.13. The largest absolute Gasteiger partial charge is 0.327 e. The van der Waals surface area contributed by atoms with Crippen molar-refractivity contribution in [2.75, 3.05) is 13.1 Å². The van der Waals surface area contributed by atoms with Gasteiger partial charge >= 0.3 is 0 Å². The first-order valence-electron chi connectivity index (χ1n) is 5.57. The van der Waals surface area contributed by atoms with Gasteiger partial charge in [-0.1, -0.05) is 29.3 Å². The summed E-state index contributed by atoms with van der Waals surface area (Å²) in [5.74, 6) is 0. The smallest absolute Gasteiger partial charge is 0.0465 e. The monoisotopic (exact) mass is 258 g/mol. The molecule has 0 aromatic heterocycles. The fraction of sp³-hybridized carbons (Fsp3) is 0.500. The third kappa shape index (κ3) is 3.11. The highest BCUT2D eigenvalue weighted by Crippen LogP contribution is 2.23. The van der Waals surface area contributed by atoms with Crippen LogP contribution in [-0.2, 0) is 6.54 Å². The number of hydrogen-bond donors (Lipinski definition) is 1. The van der Waals surface area contributed by atoms with E-state index in [-0.39, 0.29) is 0 Å². The minimum atomic E-state index is 0.305. The van der Waals surface area contributed by atoms with Crippen molar-refractivity contribution < 1.29 is 0 Å². The predicted molar refractivity (Wildman–Crippen MR) is 68.9 cm³/mol. The normalized spacial score (nSPS) is 22.3. The van der Waals surface area contributed by atoms with Crippen molar-refractivity contribution in [1.29, 1.82) is 0 Å². The fourth-order valence-electron chi connectivity index (χ4n) is 2.13. The number of benzene rings is 1. The zero-order valence-corrected chi connectivity index (χ0v) is 10.6. The lowest BCUT2D eigenvalue weighted by Crippen LogP contribution is -2.42. The Kier molecular flexibility index (Phi) is 4.09. The topological polar surface area (TPSA) is 29.3 Å². The molecule has 2 rings (SSSR count). The first-order chi connectivity index (χ1) is 7.65. The molecular formula is C12H16Cl2N2. The van der Waals surface area contributed by atoms with Crippen molar-refractivity contribution in [2.24, 2.45) is 5.73 Å². The van der Waals surface area contributed by atoms with Crippen LogP contribution >= 0.6 is 23.2 Å². The highest BCUT2D eigenvalue weighted by Gasteiger charge is 2.17. The highest BCUT2D eigenvalue weighted by atomic mass is 35.5. The maximum absolute atomic E-state index is 6.14. The van der Waals surface area contributed by atoms with Gasteiger partial charge in [-0.15, -0.1) is 0 Å². The highest BCUT2D eigenvalue weighted by molar-refractivity contribution is 6.35. The van der Waals surface area contributed by atoms with E-state index in [0.29, 0.717) is 11.1 Å². The maximum atomic E-state index is 6.14. The lowest BCUT2D eigenvalue weighted by Gasteiger charge is -2.30. The van der Waals surface area contributed by atoms with Gasteiger partial charge in [0.05, 0.1) is 0 Å². The van der Waals surface area contributed by atoms with Crippen molar-refractivity contribution in [3.8, 4) is 0 Å². The van der Waals surface area contributed by atoms with Crippen LogP contribution in [0.25, 0.3) is 0 Å². The lowest BCUT2D eigenvalue weighted by atomic mass is 10.1. The molecule has 0 aliphatic carbocycles. The molecular weight excluding hydrogens is 243 g/mol. The number of piperidine rings is 1. The van der Waals surface area contributed by atoms with Crippen molar-refractivity contribution in [3.63, 3.8) is 0 Å². The minimum Gasteiger partial charge on any atom is -0.327 e. The lowest BCUT2D eigenvalue weighted by molar-refractivity contribution is 0.201. The molecule has 0 spiro atoms. The Morgan fingerprint density at radius 1 is 1.38 bits per heavy atom. The van der Waals surface area contributed by atoms with Crippen LogP contribution in [0.5, 0.6) is 0 Å². The van der Waals surface area contributed by atoms with Gasteiger partial charge in [0.15, 0.2) is 0 Å². The Morgan fingerprint density at radius 3 is 2.88 bits per heavy atom. The van der Waals surface area contributed by atoms with E-state index in [1.165, 1.54) is 6.42 Å². The molecule has 1 aromatic carbocycles. The van der Waals surface area contributed by atoms with Crippen LogP contribution in [0, 0.1) is 0 Å². The van der Waals surface area contributed by atoms with Crippen molar-refractivity contribution in [1.82, 2.24) is 4.90 Å². The fourth-order valence-corrected chi connectivity index (χ4v) is 2.59. The molecule has 1 aliphatic heterocycles. The second-order valence-electron chi connectivity index (χ2n) is 4.37.